The van der Waals surface area contributed by atoms with Crippen molar-refractivity contribution in [1.29, 1.82) is 0 Å². The molecule has 0 radical (unpaired) electrons. The molecule has 4 N–H and O–H groups in total. The highest BCUT2D eigenvalue weighted by Crippen LogP contribution is 2.12. The zero-order valence-corrected chi connectivity index (χ0v) is 9.69. The molecule has 0 spiro atoms. The van der Waals surface area contributed by atoms with Crippen LogP contribution in [-0.4, -0.2) is 34.9 Å². The van der Waals surface area contributed by atoms with Crippen LogP contribution in [0.2, 0.25) is 0 Å². The molecule has 0 saturated heterocycles. The van der Waals surface area contributed by atoms with Gasteiger partial charge in [-0.1, -0.05) is 0 Å². The summed E-state index contributed by atoms with van der Waals surface area (Å²) in [5.41, 5.74) is -0.0752. The first-order valence-electron chi connectivity index (χ1n) is 5.30. The minimum atomic E-state index is -1.58. The third-order valence-corrected chi connectivity index (χ3v) is 2.11. The number of carboxylic acids is 1. The van der Waals surface area contributed by atoms with E-state index >= 15 is 0 Å². The molecule has 8 heteroatoms. The van der Waals surface area contributed by atoms with E-state index in [1.807, 2.05) is 0 Å². The van der Waals surface area contributed by atoms with Crippen molar-refractivity contribution in [2.24, 2.45) is 0 Å². The predicted molar refractivity (Wildman–Crippen MR) is 61.6 cm³/mol. The molecule has 0 aliphatic heterocycles. The number of nitrogens with one attached hydrogen (secondary N) is 2. The van der Waals surface area contributed by atoms with Crippen LogP contribution in [0.1, 0.15) is 6.42 Å². The maximum Gasteiger partial charge on any atom is 0.332 e. The highest BCUT2D eigenvalue weighted by Gasteiger charge is 2.13. The van der Waals surface area contributed by atoms with Crippen LogP contribution in [0.5, 0.6) is 0 Å². The largest absolute Gasteiger partial charge is 0.479 e. The monoisotopic (exact) mass is 274 g/mol. The van der Waals surface area contributed by atoms with Crippen molar-refractivity contribution in [1.82, 2.24) is 5.32 Å². The fourth-order valence-corrected chi connectivity index (χ4v) is 1.25. The summed E-state index contributed by atoms with van der Waals surface area (Å²) in [5, 5.41) is 21.7. The van der Waals surface area contributed by atoms with Gasteiger partial charge in [0.2, 0.25) is 0 Å². The van der Waals surface area contributed by atoms with Gasteiger partial charge in [-0.2, -0.15) is 0 Å². The van der Waals surface area contributed by atoms with Crippen LogP contribution in [0.15, 0.2) is 18.2 Å². The zero-order chi connectivity index (χ0) is 14.4. The van der Waals surface area contributed by atoms with Crippen LogP contribution >= 0.6 is 0 Å². The highest BCUT2D eigenvalue weighted by atomic mass is 19.1. The molecule has 104 valence electrons. The molecule has 1 atom stereocenters. The van der Waals surface area contributed by atoms with Gasteiger partial charge in [0.15, 0.2) is 6.10 Å². The lowest BCUT2D eigenvalue weighted by Crippen LogP contribution is -2.33. The number of carboxylic acid groups (broad SMARTS) is 1. The molecular formula is C11H12F2N2O4. The maximum atomic E-state index is 12.8. The Labute approximate surface area is 107 Å². The average Bonchev–Trinajstić information content (AvgIpc) is 2.26. The Balaban J connectivity index is 2.41. The number of benzene rings is 1. The summed E-state index contributed by atoms with van der Waals surface area (Å²) in [4.78, 5) is 21.6. The van der Waals surface area contributed by atoms with Crippen LogP contribution in [0.25, 0.3) is 0 Å². The molecule has 0 heterocycles. The lowest BCUT2D eigenvalue weighted by molar-refractivity contribution is -0.146. The molecule has 19 heavy (non-hydrogen) atoms. The van der Waals surface area contributed by atoms with Crippen molar-refractivity contribution in [2.45, 2.75) is 12.5 Å². The number of carbonyl (C=O) groups is 2. The number of aliphatic hydroxyl groups excluding tert-OH is 1. The molecule has 6 nitrogen and oxygen atoms in total. The number of carbonyl (C=O) groups excluding carboxylic acids is 1. The van der Waals surface area contributed by atoms with E-state index in [-0.39, 0.29) is 18.7 Å². The molecule has 0 unspecified atom stereocenters. The zero-order valence-electron chi connectivity index (χ0n) is 9.69. The molecule has 1 rings (SSSR count). The number of rotatable bonds is 5. The van der Waals surface area contributed by atoms with Crippen LogP contribution in [-0.2, 0) is 4.79 Å². The van der Waals surface area contributed by atoms with E-state index in [2.05, 4.69) is 10.6 Å². The molecule has 0 saturated carbocycles. The van der Waals surface area contributed by atoms with E-state index in [9.17, 15) is 18.4 Å². The molecule has 0 aliphatic carbocycles. The number of hydrogen-bond acceptors (Lipinski definition) is 3. The summed E-state index contributed by atoms with van der Waals surface area (Å²) in [6, 6.07) is 1.75. The van der Waals surface area contributed by atoms with Gasteiger partial charge in [0.1, 0.15) is 11.6 Å². The standard InChI is InChI=1S/C11H12F2N2O4/c12-6-3-7(13)5-8(4-6)15-11(19)14-2-1-9(16)10(17)18/h3-5,9,16H,1-2H2,(H,17,18)(H2,14,15,19)/t9-/m0/s1. The van der Waals surface area contributed by atoms with Crippen molar-refractivity contribution in [3.05, 3.63) is 29.8 Å². The summed E-state index contributed by atoms with van der Waals surface area (Å²) < 4.78 is 25.6. The SMILES string of the molecule is O=C(NCC[C@H](O)C(=O)O)Nc1cc(F)cc(F)c1. The van der Waals surface area contributed by atoms with Gasteiger partial charge in [0.05, 0.1) is 0 Å². The Kier molecular flexibility index (Phi) is 5.19. The molecule has 0 aliphatic rings. The lowest BCUT2D eigenvalue weighted by Gasteiger charge is -2.09. The Morgan fingerprint density at radius 3 is 2.32 bits per heavy atom. The summed E-state index contributed by atoms with van der Waals surface area (Å²) in [5.74, 6) is -3.07. The minimum absolute atomic E-state index is 0.0752. The van der Waals surface area contributed by atoms with Crippen LogP contribution < -0.4 is 10.6 Å². The van der Waals surface area contributed by atoms with E-state index in [0.717, 1.165) is 12.1 Å². The van der Waals surface area contributed by atoms with Gasteiger partial charge < -0.3 is 20.8 Å². The Morgan fingerprint density at radius 1 is 1.21 bits per heavy atom. The van der Waals surface area contributed by atoms with Crippen molar-refractivity contribution in [2.75, 3.05) is 11.9 Å². The third kappa shape index (κ3) is 5.30. The summed E-state index contributed by atoms with van der Waals surface area (Å²) >= 11 is 0. The normalized spacial score (nSPS) is 11.7. The fraction of sp³-hybridized carbons (Fsp3) is 0.273. The van der Waals surface area contributed by atoms with Crippen LogP contribution in [0.4, 0.5) is 19.3 Å². The fourth-order valence-electron chi connectivity index (χ4n) is 1.25. The predicted octanol–water partition coefficient (Wildman–Crippen LogP) is 0.922. The Bertz CT molecular complexity index is 462. The van der Waals surface area contributed by atoms with Crippen molar-refractivity contribution in [3.63, 3.8) is 0 Å². The number of anilines is 1. The first-order valence-corrected chi connectivity index (χ1v) is 5.30. The molecule has 1 aromatic rings. The van der Waals surface area contributed by atoms with E-state index in [0.29, 0.717) is 6.07 Å². The van der Waals surface area contributed by atoms with Gasteiger partial charge in [0, 0.05) is 24.7 Å². The highest BCUT2D eigenvalue weighted by molar-refractivity contribution is 5.89. The Hall–Kier alpha value is -2.22. The second-order valence-electron chi connectivity index (χ2n) is 3.68. The quantitative estimate of drug-likeness (QED) is 0.641. The van der Waals surface area contributed by atoms with E-state index in [4.69, 9.17) is 10.2 Å². The number of aliphatic hydroxyl groups is 1. The maximum absolute atomic E-state index is 12.8. The van der Waals surface area contributed by atoms with Crippen molar-refractivity contribution < 1.29 is 28.6 Å². The van der Waals surface area contributed by atoms with Crippen molar-refractivity contribution in [3.8, 4) is 0 Å². The number of aliphatic carboxylic acids is 1. The smallest absolute Gasteiger partial charge is 0.332 e. The van der Waals surface area contributed by atoms with Gasteiger partial charge in [-0.3, -0.25) is 0 Å². The number of amides is 2. The van der Waals surface area contributed by atoms with Gasteiger partial charge in [0.25, 0.3) is 0 Å². The lowest BCUT2D eigenvalue weighted by atomic mass is 10.2. The summed E-state index contributed by atoms with van der Waals surface area (Å²) in [6.45, 7) is -0.100. The summed E-state index contributed by atoms with van der Waals surface area (Å²) in [6.07, 6.45) is -1.76. The second kappa shape index (κ2) is 6.64. The Morgan fingerprint density at radius 2 is 1.79 bits per heavy atom. The first-order chi connectivity index (χ1) is 8.88. The van der Waals surface area contributed by atoms with E-state index in [1.165, 1.54) is 0 Å². The van der Waals surface area contributed by atoms with Gasteiger partial charge >= 0.3 is 12.0 Å². The number of hydrogen-bond donors (Lipinski definition) is 4. The van der Waals surface area contributed by atoms with Gasteiger partial charge in [-0.25, -0.2) is 18.4 Å². The molecule has 1 aromatic carbocycles. The average molecular weight is 274 g/mol. The number of halogens is 2. The molecule has 2 amide bonds. The van der Waals surface area contributed by atoms with Gasteiger partial charge in [-0.05, 0) is 12.1 Å². The minimum Gasteiger partial charge on any atom is -0.479 e. The molecule has 0 fully saturated rings. The molecule has 0 bridgehead atoms. The van der Waals surface area contributed by atoms with Crippen molar-refractivity contribution >= 4 is 17.7 Å². The van der Waals surface area contributed by atoms with Crippen LogP contribution in [0, 0.1) is 11.6 Å². The topological polar surface area (TPSA) is 98.7 Å². The third-order valence-electron chi connectivity index (χ3n) is 2.11. The van der Waals surface area contributed by atoms with E-state index < -0.39 is 29.7 Å². The second-order valence-corrected chi connectivity index (χ2v) is 3.68. The van der Waals surface area contributed by atoms with Crippen LogP contribution in [0.3, 0.4) is 0 Å². The first kappa shape index (κ1) is 14.8. The molecular weight excluding hydrogens is 262 g/mol. The number of urea groups is 1. The summed E-state index contributed by atoms with van der Waals surface area (Å²) in [7, 11) is 0. The molecule has 0 aromatic heterocycles. The van der Waals surface area contributed by atoms with E-state index in [1.54, 1.807) is 0 Å². The van der Waals surface area contributed by atoms with Gasteiger partial charge in [-0.15, -0.1) is 0 Å².